The van der Waals surface area contributed by atoms with E-state index in [1.807, 2.05) is 38.1 Å². The highest BCUT2D eigenvalue weighted by atomic mass is 32.2. The van der Waals surface area contributed by atoms with Crippen LogP contribution in [0.25, 0.3) is 0 Å². The van der Waals surface area contributed by atoms with Gasteiger partial charge in [0.15, 0.2) is 15.8 Å². The molecule has 1 aromatic carbocycles. The van der Waals surface area contributed by atoms with Crippen LogP contribution in [-0.4, -0.2) is 46.9 Å². The predicted molar refractivity (Wildman–Crippen MR) is 94.3 cm³/mol. The monoisotopic (exact) mass is 341 g/mol. The third-order valence-electron chi connectivity index (χ3n) is 3.02. The third kappa shape index (κ3) is 8.56. The summed E-state index contributed by atoms with van der Waals surface area (Å²) in [4.78, 5) is 4.53. The minimum atomic E-state index is -3.00. The van der Waals surface area contributed by atoms with Gasteiger partial charge in [-0.25, -0.2) is 13.4 Å². The molecule has 23 heavy (non-hydrogen) atoms. The first-order valence-electron chi connectivity index (χ1n) is 7.63. The maximum atomic E-state index is 11.3. The van der Waals surface area contributed by atoms with E-state index in [-0.39, 0.29) is 11.8 Å². The van der Waals surface area contributed by atoms with Crippen LogP contribution in [0.2, 0.25) is 0 Å². The maximum Gasteiger partial charge on any atom is 0.191 e. The Kier molecular flexibility index (Phi) is 8.05. The highest BCUT2D eigenvalue weighted by molar-refractivity contribution is 7.89. The molecule has 0 aliphatic rings. The quantitative estimate of drug-likeness (QED) is 0.551. The lowest BCUT2D eigenvalue weighted by atomic mass is 10.1. The van der Waals surface area contributed by atoms with Gasteiger partial charge in [-0.1, -0.05) is 24.3 Å². The van der Waals surface area contributed by atoms with Crippen LogP contribution in [-0.2, 0) is 26.9 Å². The molecule has 2 N–H and O–H groups in total. The lowest BCUT2D eigenvalue weighted by molar-refractivity contribution is 0.179. The van der Waals surface area contributed by atoms with Gasteiger partial charge >= 0.3 is 0 Å². The fourth-order valence-corrected chi connectivity index (χ4v) is 2.86. The number of nitrogens with zero attached hydrogens (tertiary/aromatic N) is 1. The molecule has 7 heteroatoms. The molecule has 0 saturated heterocycles. The van der Waals surface area contributed by atoms with Gasteiger partial charge in [-0.3, -0.25) is 0 Å². The normalized spacial score (nSPS) is 13.7. The van der Waals surface area contributed by atoms with Crippen molar-refractivity contribution in [3.8, 4) is 0 Å². The van der Waals surface area contributed by atoms with Gasteiger partial charge < -0.3 is 15.4 Å². The van der Waals surface area contributed by atoms with Gasteiger partial charge in [0.1, 0.15) is 0 Å². The van der Waals surface area contributed by atoms with Crippen molar-refractivity contribution in [2.75, 3.05) is 26.5 Å². The van der Waals surface area contributed by atoms with Gasteiger partial charge in [-0.2, -0.15) is 0 Å². The second-order valence-corrected chi connectivity index (χ2v) is 7.72. The Morgan fingerprint density at radius 3 is 2.39 bits per heavy atom. The Morgan fingerprint density at radius 2 is 1.87 bits per heavy atom. The second-order valence-electron chi connectivity index (χ2n) is 5.58. The molecule has 0 spiro atoms. The van der Waals surface area contributed by atoms with Gasteiger partial charge in [0.2, 0.25) is 0 Å². The molecular weight excluding hydrogens is 314 g/mol. The van der Waals surface area contributed by atoms with E-state index in [4.69, 9.17) is 4.74 Å². The molecule has 0 radical (unpaired) electrons. The van der Waals surface area contributed by atoms with Crippen molar-refractivity contribution in [2.24, 2.45) is 4.99 Å². The van der Waals surface area contributed by atoms with Crippen molar-refractivity contribution in [1.29, 1.82) is 0 Å². The van der Waals surface area contributed by atoms with Crippen LogP contribution in [0.4, 0.5) is 0 Å². The molecular formula is C16H27N3O3S. The Labute approximate surface area is 139 Å². The van der Waals surface area contributed by atoms with E-state index in [2.05, 4.69) is 15.6 Å². The molecule has 0 aliphatic carbocycles. The van der Waals surface area contributed by atoms with Crippen molar-refractivity contribution in [3.05, 3.63) is 35.4 Å². The molecule has 1 aromatic rings. The van der Waals surface area contributed by atoms with E-state index in [1.54, 1.807) is 7.11 Å². The number of aliphatic imine (C=N–C) groups is 1. The maximum absolute atomic E-state index is 11.3. The number of hydrogen-bond acceptors (Lipinski definition) is 4. The molecule has 1 unspecified atom stereocenters. The van der Waals surface area contributed by atoms with E-state index in [0.29, 0.717) is 13.2 Å². The molecule has 130 valence electrons. The molecule has 0 heterocycles. The van der Waals surface area contributed by atoms with Crippen molar-refractivity contribution in [3.63, 3.8) is 0 Å². The molecule has 6 nitrogen and oxygen atoms in total. The fraction of sp³-hybridized carbons (Fsp3) is 0.562. The zero-order chi connectivity index (χ0) is 17.3. The first-order valence-corrected chi connectivity index (χ1v) is 9.69. The molecule has 0 amide bonds. The Balaban J connectivity index is 2.68. The van der Waals surface area contributed by atoms with Crippen molar-refractivity contribution < 1.29 is 13.2 Å². The smallest absolute Gasteiger partial charge is 0.191 e. The highest BCUT2D eigenvalue weighted by Gasteiger charge is 2.06. The molecule has 0 bridgehead atoms. The minimum absolute atomic E-state index is 0.0648. The molecule has 1 rings (SSSR count). The van der Waals surface area contributed by atoms with Crippen LogP contribution in [0.5, 0.6) is 0 Å². The number of rotatable bonds is 8. The Morgan fingerprint density at radius 1 is 1.26 bits per heavy atom. The summed E-state index contributed by atoms with van der Waals surface area (Å²) in [5.74, 6) is 0.798. The molecule has 0 fully saturated rings. The van der Waals surface area contributed by atoms with Crippen molar-refractivity contribution in [2.45, 2.75) is 32.2 Å². The van der Waals surface area contributed by atoms with Crippen molar-refractivity contribution in [1.82, 2.24) is 10.6 Å². The fourth-order valence-electron chi connectivity index (χ4n) is 2.06. The Hall–Kier alpha value is -1.60. The summed E-state index contributed by atoms with van der Waals surface area (Å²) in [7, 11) is -1.33. The van der Waals surface area contributed by atoms with Gasteiger partial charge in [0, 0.05) is 26.0 Å². The standard InChI is InChI=1S/C16H27N3O3S/c1-5-17-16(19-13(2)11-22-3)18-10-14-6-8-15(9-7-14)12-23(4,20)21/h6-9,13H,5,10-12H2,1-4H3,(H2,17,18,19). The molecule has 0 aliphatic heterocycles. The third-order valence-corrected chi connectivity index (χ3v) is 3.87. The Bertz CT molecular complexity index is 598. The lowest BCUT2D eigenvalue weighted by Crippen LogP contribution is -2.43. The SMILES string of the molecule is CCNC(=NCc1ccc(CS(C)(=O)=O)cc1)NC(C)COC. The van der Waals surface area contributed by atoms with E-state index >= 15 is 0 Å². The van der Waals surface area contributed by atoms with E-state index < -0.39 is 9.84 Å². The minimum Gasteiger partial charge on any atom is -0.383 e. The van der Waals surface area contributed by atoms with Gasteiger partial charge in [-0.15, -0.1) is 0 Å². The highest BCUT2D eigenvalue weighted by Crippen LogP contribution is 2.08. The summed E-state index contributed by atoms with van der Waals surface area (Å²) in [6.07, 6.45) is 1.24. The second kappa shape index (κ2) is 9.52. The van der Waals surface area contributed by atoms with Crippen LogP contribution in [0.15, 0.2) is 29.3 Å². The summed E-state index contributed by atoms with van der Waals surface area (Å²) >= 11 is 0. The number of methoxy groups -OCH3 is 1. The van der Waals surface area contributed by atoms with Gasteiger partial charge in [0.05, 0.1) is 18.9 Å². The molecule has 0 aromatic heterocycles. The number of sulfone groups is 1. The van der Waals surface area contributed by atoms with Gasteiger partial charge in [-0.05, 0) is 25.0 Å². The number of hydrogen-bond donors (Lipinski definition) is 2. The van der Waals surface area contributed by atoms with E-state index in [9.17, 15) is 8.42 Å². The average molecular weight is 341 g/mol. The zero-order valence-corrected chi connectivity index (χ0v) is 15.1. The van der Waals surface area contributed by atoms with Crippen LogP contribution in [0.1, 0.15) is 25.0 Å². The predicted octanol–water partition coefficient (Wildman–Crippen LogP) is 1.32. The van der Waals surface area contributed by atoms with Crippen LogP contribution < -0.4 is 10.6 Å². The first kappa shape index (κ1) is 19.4. The topological polar surface area (TPSA) is 79.8 Å². The van der Waals surface area contributed by atoms with Gasteiger partial charge in [0.25, 0.3) is 0 Å². The average Bonchev–Trinajstić information content (AvgIpc) is 2.45. The molecule has 1 atom stereocenters. The zero-order valence-electron chi connectivity index (χ0n) is 14.3. The van der Waals surface area contributed by atoms with E-state index in [1.165, 1.54) is 6.26 Å². The van der Waals surface area contributed by atoms with Crippen LogP contribution in [0.3, 0.4) is 0 Å². The summed E-state index contributed by atoms with van der Waals surface area (Å²) in [6, 6.07) is 7.65. The molecule has 0 saturated carbocycles. The van der Waals surface area contributed by atoms with Crippen LogP contribution in [0, 0.1) is 0 Å². The summed E-state index contributed by atoms with van der Waals surface area (Å²) in [5, 5.41) is 6.45. The number of guanidine groups is 1. The van der Waals surface area contributed by atoms with E-state index in [0.717, 1.165) is 23.6 Å². The number of ether oxygens (including phenoxy) is 1. The summed E-state index contributed by atoms with van der Waals surface area (Å²) < 4.78 is 27.7. The summed E-state index contributed by atoms with van der Waals surface area (Å²) in [5.41, 5.74) is 1.82. The lowest BCUT2D eigenvalue weighted by Gasteiger charge is -2.17. The largest absolute Gasteiger partial charge is 0.383 e. The number of nitrogens with one attached hydrogen (secondary N) is 2. The van der Waals surface area contributed by atoms with Crippen LogP contribution >= 0.6 is 0 Å². The number of benzene rings is 1. The first-order chi connectivity index (χ1) is 10.8. The summed E-state index contributed by atoms with van der Waals surface area (Å²) in [6.45, 7) is 5.94. The van der Waals surface area contributed by atoms with Crippen molar-refractivity contribution >= 4 is 15.8 Å².